The van der Waals surface area contributed by atoms with Crippen LogP contribution in [0, 0.1) is 11.8 Å². The molecular formula is C12H24. The molecule has 0 heteroatoms. The lowest BCUT2D eigenvalue weighted by Gasteiger charge is -2.08. The van der Waals surface area contributed by atoms with Gasteiger partial charge in [-0.1, -0.05) is 58.8 Å². The molecular weight excluding hydrogens is 144 g/mol. The molecule has 0 aliphatic heterocycles. The molecule has 0 saturated heterocycles. The Balaban J connectivity index is 1.93. The van der Waals surface area contributed by atoms with Gasteiger partial charge in [-0.2, -0.15) is 0 Å². The van der Waals surface area contributed by atoms with Crippen molar-refractivity contribution in [3.63, 3.8) is 0 Å². The number of unbranched alkanes of at least 4 members (excludes halogenated alkanes) is 3. The Hall–Kier alpha value is 0. The third-order valence-corrected chi connectivity index (χ3v) is 3.27. The summed E-state index contributed by atoms with van der Waals surface area (Å²) in [5.41, 5.74) is 0. The zero-order valence-corrected chi connectivity index (χ0v) is 8.81. The van der Waals surface area contributed by atoms with E-state index in [2.05, 4.69) is 13.8 Å². The molecule has 0 nitrogen and oxygen atoms in total. The van der Waals surface area contributed by atoms with Crippen molar-refractivity contribution in [3.05, 3.63) is 0 Å². The monoisotopic (exact) mass is 168 g/mol. The summed E-state index contributed by atoms with van der Waals surface area (Å²) in [6.07, 6.45) is 11.8. The van der Waals surface area contributed by atoms with E-state index in [1.807, 2.05) is 0 Å². The molecule has 0 heterocycles. The molecule has 12 heavy (non-hydrogen) atoms. The number of hydrogen-bond donors (Lipinski definition) is 0. The molecule has 2 atom stereocenters. The number of rotatable bonds is 5. The Morgan fingerprint density at radius 3 is 2.50 bits per heavy atom. The van der Waals surface area contributed by atoms with E-state index in [4.69, 9.17) is 0 Å². The second-order valence-corrected chi connectivity index (χ2v) is 4.63. The van der Waals surface area contributed by atoms with Gasteiger partial charge in [0.15, 0.2) is 0 Å². The fourth-order valence-electron chi connectivity index (χ4n) is 2.45. The topological polar surface area (TPSA) is 0 Å². The lowest BCUT2D eigenvalue weighted by molar-refractivity contribution is 0.451. The van der Waals surface area contributed by atoms with Crippen LogP contribution in [0.3, 0.4) is 0 Å². The van der Waals surface area contributed by atoms with E-state index in [-0.39, 0.29) is 0 Å². The van der Waals surface area contributed by atoms with Crippen molar-refractivity contribution in [3.8, 4) is 0 Å². The Morgan fingerprint density at radius 2 is 1.92 bits per heavy atom. The van der Waals surface area contributed by atoms with Crippen LogP contribution in [0.15, 0.2) is 0 Å². The lowest BCUT2D eigenvalue weighted by atomic mass is 9.98. The SMILES string of the molecule is CCCCCC[C@H]1CC[C@@H](C)C1. The minimum atomic E-state index is 1.03. The molecule has 0 aromatic carbocycles. The van der Waals surface area contributed by atoms with Crippen molar-refractivity contribution in [1.82, 2.24) is 0 Å². The minimum absolute atomic E-state index is 1.03. The third kappa shape index (κ3) is 3.60. The van der Waals surface area contributed by atoms with Crippen molar-refractivity contribution in [1.29, 1.82) is 0 Å². The molecule has 0 spiro atoms. The molecule has 0 radical (unpaired) electrons. The van der Waals surface area contributed by atoms with Crippen molar-refractivity contribution in [2.24, 2.45) is 11.8 Å². The molecule has 0 aromatic rings. The molecule has 0 aromatic heterocycles. The zero-order chi connectivity index (χ0) is 8.81. The third-order valence-electron chi connectivity index (χ3n) is 3.27. The lowest BCUT2D eigenvalue weighted by Crippen LogP contribution is -1.94. The first kappa shape index (κ1) is 10.1. The fourth-order valence-corrected chi connectivity index (χ4v) is 2.45. The summed E-state index contributed by atoms with van der Waals surface area (Å²) in [6, 6.07) is 0. The van der Waals surface area contributed by atoms with Gasteiger partial charge in [0.05, 0.1) is 0 Å². The van der Waals surface area contributed by atoms with Crippen molar-refractivity contribution < 1.29 is 0 Å². The van der Waals surface area contributed by atoms with Gasteiger partial charge >= 0.3 is 0 Å². The van der Waals surface area contributed by atoms with E-state index in [1.54, 1.807) is 0 Å². The number of hydrogen-bond acceptors (Lipinski definition) is 0. The van der Waals surface area contributed by atoms with Gasteiger partial charge in [-0.25, -0.2) is 0 Å². The van der Waals surface area contributed by atoms with Crippen LogP contribution >= 0.6 is 0 Å². The first-order valence-electron chi connectivity index (χ1n) is 5.83. The van der Waals surface area contributed by atoms with Crippen molar-refractivity contribution in [2.75, 3.05) is 0 Å². The Morgan fingerprint density at radius 1 is 1.08 bits per heavy atom. The van der Waals surface area contributed by atoms with Gasteiger partial charge in [-0.3, -0.25) is 0 Å². The van der Waals surface area contributed by atoms with Crippen LogP contribution in [-0.2, 0) is 0 Å². The van der Waals surface area contributed by atoms with Gasteiger partial charge in [-0.05, 0) is 18.3 Å². The van der Waals surface area contributed by atoms with Gasteiger partial charge < -0.3 is 0 Å². The highest BCUT2D eigenvalue weighted by Gasteiger charge is 2.20. The molecule has 0 amide bonds. The molecule has 1 aliphatic carbocycles. The summed E-state index contributed by atoms with van der Waals surface area (Å²) in [6.45, 7) is 4.70. The zero-order valence-electron chi connectivity index (χ0n) is 8.81. The fraction of sp³-hybridized carbons (Fsp3) is 1.00. The van der Waals surface area contributed by atoms with E-state index in [9.17, 15) is 0 Å². The summed E-state index contributed by atoms with van der Waals surface area (Å²) in [7, 11) is 0. The van der Waals surface area contributed by atoms with Crippen molar-refractivity contribution in [2.45, 2.75) is 65.2 Å². The second kappa shape index (κ2) is 5.61. The predicted molar refractivity (Wildman–Crippen MR) is 55.3 cm³/mol. The summed E-state index contributed by atoms with van der Waals surface area (Å²) in [5, 5.41) is 0. The molecule has 1 rings (SSSR count). The molecule has 1 aliphatic rings. The van der Waals surface area contributed by atoms with E-state index in [0.29, 0.717) is 0 Å². The first-order valence-corrected chi connectivity index (χ1v) is 5.83. The van der Waals surface area contributed by atoms with E-state index in [0.717, 1.165) is 11.8 Å². The van der Waals surface area contributed by atoms with Crippen LogP contribution in [0.1, 0.15) is 65.2 Å². The van der Waals surface area contributed by atoms with Crippen molar-refractivity contribution >= 4 is 0 Å². The average Bonchev–Trinajstić information content (AvgIpc) is 2.45. The maximum Gasteiger partial charge on any atom is -0.0412 e. The maximum absolute atomic E-state index is 2.41. The summed E-state index contributed by atoms with van der Waals surface area (Å²) >= 11 is 0. The Bertz CT molecular complexity index is 107. The standard InChI is InChI=1S/C12H24/c1-3-4-5-6-7-12-9-8-11(2)10-12/h11-12H,3-10H2,1-2H3/t11-,12+/m1/s1. The van der Waals surface area contributed by atoms with Gasteiger partial charge in [0.25, 0.3) is 0 Å². The van der Waals surface area contributed by atoms with E-state index >= 15 is 0 Å². The predicted octanol–water partition coefficient (Wildman–Crippen LogP) is 4.39. The summed E-state index contributed by atoms with van der Waals surface area (Å²) in [4.78, 5) is 0. The highest BCUT2D eigenvalue weighted by Crippen LogP contribution is 2.33. The average molecular weight is 168 g/mol. The first-order chi connectivity index (χ1) is 5.83. The molecule has 1 saturated carbocycles. The van der Waals surface area contributed by atoms with E-state index in [1.165, 1.54) is 51.4 Å². The van der Waals surface area contributed by atoms with Crippen LogP contribution in [0.25, 0.3) is 0 Å². The van der Waals surface area contributed by atoms with Crippen LogP contribution in [0.4, 0.5) is 0 Å². The summed E-state index contributed by atoms with van der Waals surface area (Å²) in [5.74, 6) is 2.12. The molecule has 72 valence electrons. The molecule has 0 unspecified atom stereocenters. The Kier molecular flexibility index (Phi) is 4.72. The maximum atomic E-state index is 2.41. The molecule has 1 fully saturated rings. The van der Waals surface area contributed by atoms with Gasteiger partial charge in [0.2, 0.25) is 0 Å². The largest absolute Gasteiger partial charge is 0.0654 e. The van der Waals surface area contributed by atoms with Crippen LogP contribution in [0.5, 0.6) is 0 Å². The van der Waals surface area contributed by atoms with Crippen LogP contribution in [-0.4, -0.2) is 0 Å². The molecule has 0 bridgehead atoms. The Labute approximate surface area is 77.7 Å². The highest BCUT2D eigenvalue weighted by atomic mass is 14.3. The normalized spacial score (nSPS) is 29.5. The second-order valence-electron chi connectivity index (χ2n) is 4.63. The summed E-state index contributed by atoms with van der Waals surface area (Å²) < 4.78 is 0. The highest BCUT2D eigenvalue weighted by molar-refractivity contribution is 4.72. The minimum Gasteiger partial charge on any atom is -0.0654 e. The van der Waals surface area contributed by atoms with Crippen LogP contribution in [0.2, 0.25) is 0 Å². The van der Waals surface area contributed by atoms with Gasteiger partial charge in [0.1, 0.15) is 0 Å². The molecule has 0 N–H and O–H groups in total. The van der Waals surface area contributed by atoms with Crippen LogP contribution < -0.4 is 0 Å². The van der Waals surface area contributed by atoms with Gasteiger partial charge in [-0.15, -0.1) is 0 Å². The quantitative estimate of drug-likeness (QED) is 0.534. The van der Waals surface area contributed by atoms with E-state index < -0.39 is 0 Å². The van der Waals surface area contributed by atoms with Gasteiger partial charge in [0, 0.05) is 0 Å². The smallest absolute Gasteiger partial charge is 0.0412 e.